The molecule has 0 radical (unpaired) electrons. The number of methoxy groups -OCH3 is 1. The average molecular weight is 381 g/mol. The second kappa shape index (κ2) is 9.88. The molecule has 0 spiro atoms. The molecule has 1 atom stereocenters. The molecule has 0 amide bonds. The summed E-state index contributed by atoms with van der Waals surface area (Å²) in [6, 6.07) is 9.63. The molecule has 1 aromatic carbocycles. The molecule has 1 saturated heterocycles. The van der Waals surface area contributed by atoms with Crippen LogP contribution in [0.2, 0.25) is 0 Å². The van der Waals surface area contributed by atoms with Gasteiger partial charge in [0.15, 0.2) is 0 Å². The zero-order valence-electron chi connectivity index (χ0n) is 15.5. The SMILES string of the molecule is COc1ccccc1C(CNS(=O)(=O)N(C)CCC#N)N1CCCCC1. The minimum Gasteiger partial charge on any atom is -0.496 e. The normalized spacial score (nSPS) is 17.0. The molecule has 0 aliphatic carbocycles. The first-order chi connectivity index (χ1) is 12.5. The zero-order chi connectivity index (χ0) is 19.0. The number of nitrogens with zero attached hydrogens (tertiary/aromatic N) is 3. The molecule has 8 heteroatoms. The van der Waals surface area contributed by atoms with Gasteiger partial charge in [0.05, 0.1) is 19.2 Å². The van der Waals surface area contributed by atoms with E-state index < -0.39 is 10.2 Å². The third kappa shape index (κ3) is 5.42. The maximum absolute atomic E-state index is 12.5. The fraction of sp³-hybridized carbons (Fsp3) is 0.611. The van der Waals surface area contributed by atoms with Gasteiger partial charge in [0.2, 0.25) is 0 Å². The highest BCUT2D eigenvalue weighted by molar-refractivity contribution is 7.87. The first-order valence-electron chi connectivity index (χ1n) is 8.94. The quantitative estimate of drug-likeness (QED) is 0.707. The van der Waals surface area contributed by atoms with Gasteiger partial charge in [-0.2, -0.15) is 18.0 Å². The Morgan fingerprint density at radius 2 is 2.00 bits per heavy atom. The van der Waals surface area contributed by atoms with Crippen LogP contribution >= 0.6 is 0 Å². The van der Waals surface area contributed by atoms with Gasteiger partial charge in [0.1, 0.15) is 5.75 Å². The predicted octanol–water partition coefficient (Wildman–Crippen LogP) is 1.90. The van der Waals surface area contributed by atoms with Gasteiger partial charge in [-0.1, -0.05) is 24.6 Å². The van der Waals surface area contributed by atoms with Gasteiger partial charge in [-0.15, -0.1) is 0 Å². The molecular formula is C18H28N4O3S. The fourth-order valence-corrected chi connectivity index (χ4v) is 4.15. The van der Waals surface area contributed by atoms with E-state index in [1.165, 1.54) is 17.8 Å². The van der Waals surface area contributed by atoms with E-state index in [1.54, 1.807) is 7.11 Å². The van der Waals surface area contributed by atoms with E-state index in [0.717, 1.165) is 37.2 Å². The lowest BCUT2D eigenvalue weighted by atomic mass is 10.0. The van der Waals surface area contributed by atoms with Crippen molar-refractivity contribution < 1.29 is 13.2 Å². The summed E-state index contributed by atoms with van der Waals surface area (Å²) >= 11 is 0. The van der Waals surface area contributed by atoms with E-state index in [0.29, 0.717) is 0 Å². The van der Waals surface area contributed by atoms with Crippen molar-refractivity contribution in [2.45, 2.75) is 31.7 Å². The van der Waals surface area contributed by atoms with Crippen molar-refractivity contribution in [1.29, 1.82) is 5.26 Å². The van der Waals surface area contributed by atoms with E-state index in [1.807, 2.05) is 30.3 Å². The fourth-order valence-electron chi connectivity index (χ4n) is 3.23. The summed E-state index contributed by atoms with van der Waals surface area (Å²) in [5, 5.41) is 8.66. The number of benzene rings is 1. The van der Waals surface area contributed by atoms with Crippen molar-refractivity contribution >= 4 is 10.2 Å². The Kier molecular flexibility index (Phi) is 7.85. The second-order valence-electron chi connectivity index (χ2n) is 6.44. The third-order valence-corrected chi connectivity index (χ3v) is 6.27. The van der Waals surface area contributed by atoms with Crippen molar-refractivity contribution in [3.8, 4) is 11.8 Å². The average Bonchev–Trinajstić information content (AvgIpc) is 2.67. The smallest absolute Gasteiger partial charge is 0.279 e. The summed E-state index contributed by atoms with van der Waals surface area (Å²) in [7, 11) is -0.513. The van der Waals surface area contributed by atoms with Crippen LogP contribution in [0.3, 0.4) is 0 Å². The summed E-state index contributed by atoms with van der Waals surface area (Å²) in [6.45, 7) is 2.32. The largest absolute Gasteiger partial charge is 0.496 e. The Hall–Kier alpha value is -1.66. The van der Waals surface area contributed by atoms with Gasteiger partial charge in [-0.05, 0) is 32.0 Å². The number of rotatable bonds is 9. The Morgan fingerprint density at radius 1 is 1.31 bits per heavy atom. The lowest BCUT2D eigenvalue weighted by Gasteiger charge is -2.35. The van der Waals surface area contributed by atoms with Crippen molar-refractivity contribution in [2.24, 2.45) is 0 Å². The molecule has 1 unspecified atom stereocenters. The van der Waals surface area contributed by atoms with E-state index in [9.17, 15) is 8.42 Å². The molecule has 0 saturated carbocycles. The first kappa shape index (κ1) is 20.6. The predicted molar refractivity (Wildman–Crippen MR) is 101 cm³/mol. The van der Waals surface area contributed by atoms with Crippen LogP contribution in [0, 0.1) is 11.3 Å². The molecule has 1 aliphatic heterocycles. The first-order valence-corrected chi connectivity index (χ1v) is 10.4. The standard InChI is InChI=1S/C18H28N4O3S/c1-21(12-8-11-19)26(23,24)20-15-17(22-13-6-3-7-14-22)16-9-4-5-10-18(16)25-2/h4-5,9-10,17,20H,3,6-8,12-15H2,1-2H3. The number of ether oxygens (including phenoxy) is 1. The van der Waals surface area contributed by atoms with Crippen molar-refractivity contribution in [2.75, 3.05) is 40.3 Å². The number of likely N-dealkylation sites (tertiary alicyclic amines) is 1. The van der Waals surface area contributed by atoms with Gasteiger partial charge in [-0.3, -0.25) is 4.90 Å². The molecular weight excluding hydrogens is 352 g/mol. The van der Waals surface area contributed by atoms with Crippen LogP contribution < -0.4 is 9.46 Å². The van der Waals surface area contributed by atoms with Crippen LogP contribution in [-0.4, -0.2) is 58.0 Å². The molecule has 7 nitrogen and oxygen atoms in total. The van der Waals surface area contributed by atoms with Crippen molar-refractivity contribution in [3.63, 3.8) is 0 Å². The Labute approximate surface area is 156 Å². The summed E-state index contributed by atoms with van der Waals surface area (Å²) in [4.78, 5) is 2.32. The molecule has 1 aliphatic rings. The Morgan fingerprint density at radius 3 is 2.65 bits per heavy atom. The Bertz CT molecular complexity index is 711. The number of nitriles is 1. The van der Waals surface area contributed by atoms with E-state index in [2.05, 4.69) is 9.62 Å². The van der Waals surface area contributed by atoms with Gasteiger partial charge >= 0.3 is 0 Å². The summed E-state index contributed by atoms with van der Waals surface area (Å²) in [6.07, 6.45) is 3.60. The van der Waals surface area contributed by atoms with Gasteiger partial charge in [0, 0.05) is 32.1 Å². The molecule has 26 heavy (non-hydrogen) atoms. The summed E-state index contributed by atoms with van der Waals surface area (Å²) < 4.78 is 34.3. The molecule has 0 aromatic heterocycles. The van der Waals surface area contributed by atoms with E-state index >= 15 is 0 Å². The highest BCUT2D eigenvalue weighted by Gasteiger charge is 2.27. The van der Waals surface area contributed by atoms with Gasteiger partial charge in [0.25, 0.3) is 10.2 Å². The number of para-hydroxylation sites is 1. The molecule has 1 aromatic rings. The van der Waals surface area contributed by atoms with Crippen LogP contribution in [-0.2, 0) is 10.2 Å². The van der Waals surface area contributed by atoms with Crippen LogP contribution in [0.4, 0.5) is 0 Å². The Balaban J connectivity index is 2.18. The monoisotopic (exact) mass is 380 g/mol. The summed E-state index contributed by atoms with van der Waals surface area (Å²) in [5.74, 6) is 0.764. The van der Waals surface area contributed by atoms with Crippen LogP contribution in [0.1, 0.15) is 37.3 Å². The van der Waals surface area contributed by atoms with Gasteiger partial charge < -0.3 is 4.74 Å². The molecule has 1 heterocycles. The minimum atomic E-state index is -3.63. The highest BCUT2D eigenvalue weighted by atomic mass is 32.2. The van der Waals surface area contributed by atoms with Crippen LogP contribution in [0.25, 0.3) is 0 Å². The molecule has 144 valence electrons. The number of hydrogen-bond acceptors (Lipinski definition) is 5. The number of hydrogen-bond donors (Lipinski definition) is 1. The van der Waals surface area contributed by atoms with E-state index in [-0.39, 0.29) is 25.6 Å². The second-order valence-corrected chi connectivity index (χ2v) is 8.30. The topological polar surface area (TPSA) is 85.7 Å². The van der Waals surface area contributed by atoms with Gasteiger partial charge in [-0.25, -0.2) is 4.72 Å². The van der Waals surface area contributed by atoms with Crippen molar-refractivity contribution in [3.05, 3.63) is 29.8 Å². The molecule has 1 fully saturated rings. The van der Waals surface area contributed by atoms with E-state index in [4.69, 9.17) is 10.00 Å². The van der Waals surface area contributed by atoms with Crippen molar-refractivity contribution in [1.82, 2.24) is 13.9 Å². The van der Waals surface area contributed by atoms with Crippen LogP contribution in [0.15, 0.2) is 24.3 Å². The molecule has 1 N–H and O–H groups in total. The maximum atomic E-state index is 12.5. The third-order valence-electron chi connectivity index (χ3n) is 4.74. The molecule has 2 rings (SSSR count). The maximum Gasteiger partial charge on any atom is 0.279 e. The zero-order valence-corrected chi connectivity index (χ0v) is 16.3. The molecule has 0 bridgehead atoms. The minimum absolute atomic E-state index is 0.0920. The lowest BCUT2D eigenvalue weighted by Crippen LogP contribution is -2.44. The highest BCUT2D eigenvalue weighted by Crippen LogP contribution is 2.31. The van der Waals surface area contributed by atoms with Crippen LogP contribution in [0.5, 0.6) is 5.75 Å². The number of piperidine rings is 1. The lowest BCUT2D eigenvalue weighted by molar-refractivity contribution is 0.161. The number of nitrogens with one attached hydrogen (secondary N) is 1. The summed E-state index contributed by atoms with van der Waals surface area (Å²) in [5.41, 5.74) is 0.985.